The van der Waals surface area contributed by atoms with E-state index in [0.29, 0.717) is 0 Å². The van der Waals surface area contributed by atoms with Gasteiger partial charge in [0.15, 0.2) is 0 Å². The lowest BCUT2D eigenvalue weighted by Gasteiger charge is -2.05. The highest BCUT2D eigenvalue weighted by Gasteiger charge is 2.01. The topological polar surface area (TPSA) is 12.9 Å². The number of aromatic nitrogens is 1. The summed E-state index contributed by atoms with van der Waals surface area (Å²) in [6.07, 6.45) is 17.1. The van der Waals surface area contributed by atoms with E-state index >= 15 is 0 Å². The smallest absolute Gasteiger partial charge is 0.0655 e. The van der Waals surface area contributed by atoms with Crippen LogP contribution < -0.4 is 0 Å². The Hall–Kier alpha value is -2.15. The minimum Gasteiger partial charge on any atom is -0.256 e. The molecule has 1 aromatic rings. The van der Waals surface area contributed by atoms with Crippen LogP contribution in [0.5, 0.6) is 0 Å². The van der Waals surface area contributed by atoms with Gasteiger partial charge in [0.2, 0.25) is 0 Å². The van der Waals surface area contributed by atoms with Crippen molar-refractivity contribution < 1.29 is 0 Å². The quantitative estimate of drug-likeness (QED) is 0.321. The molecule has 1 heteroatoms. The van der Waals surface area contributed by atoms with E-state index in [1.165, 1.54) is 36.0 Å². The minimum atomic E-state index is 1.02. The first-order valence-corrected chi connectivity index (χ1v) is 11.5. The van der Waals surface area contributed by atoms with Crippen LogP contribution in [0, 0.1) is 6.92 Å². The zero-order valence-electron chi connectivity index (χ0n) is 21.7. The molecule has 1 aromatic heterocycles. The monoisotopic (exact) mass is 411 g/mol. The standard InChI is InChI=1S/C17H21N.C5H10.C5H12.C2H6/c1-6-8-17-14(5)11-16(12-18-17)15(7-2)10-9-13(3)4;1-4-5(2)3;1-3-5-4-2;1-2/h6-12H,2H2,1,3-5H3;2,4H2,1,3H3;3-5H2,1-2H3;1-2H3/b8-6-,15-10+;;;. The molecule has 0 spiro atoms. The van der Waals surface area contributed by atoms with Gasteiger partial charge in [-0.1, -0.05) is 95.9 Å². The molecular weight excluding hydrogens is 362 g/mol. The van der Waals surface area contributed by atoms with Crippen LogP contribution in [0.4, 0.5) is 0 Å². The molecule has 30 heavy (non-hydrogen) atoms. The fourth-order valence-corrected chi connectivity index (χ4v) is 1.97. The molecule has 1 rings (SSSR count). The van der Waals surface area contributed by atoms with Crippen molar-refractivity contribution in [1.29, 1.82) is 0 Å². The maximum atomic E-state index is 4.47. The van der Waals surface area contributed by atoms with Crippen molar-refractivity contribution in [3.63, 3.8) is 0 Å². The fourth-order valence-electron chi connectivity index (χ4n) is 1.97. The van der Waals surface area contributed by atoms with E-state index in [2.05, 4.69) is 77.9 Å². The first-order chi connectivity index (χ1) is 14.3. The second-order valence-electron chi connectivity index (χ2n) is 7.16. The van der Waals surface area contributed by atoms with Crippen LogP contribution >= 0.6 is 0 Å². The summed E-state index contributed by atoms with van der Waals surface area (Å²) < 4.78 is 0. The molecule has 0 aromatic carbocycles. The van der Waals surface area contributed by atoms with E-state index in [-0.39, 0.29) is 0 Å². The van der Waals surface area contributed by atoms with E-state index in [1.807, 2.05) is 52.1 Å². The van der Waals surface area contributed by atoms with Crippen molar-refractivity contribution in [2.75, 3.05) is 0 Å². The van der Waals surface area contributed by atoms with E-state index in [4.69, 9.17) is 0 Å². The van der Waals surface area contributed by atoms with E-state index in [0.717, 1.165) is 23.3 Å². The summed E-state index contributed by atoms with van der Waals surface area (Å²) in [5.41, 5.74) is 6.92. The molecule has 0 aliphatic rings. The Morgan fingerprint density at radius 3 is 1.87 bits per heavy atom. The van der Waals surface area contributed by atoms with Crippen molar-refractivity contribution >= 4 is 11.6 Å². The molecule has 0 bridgehead atoms. The Balaban J connectivity index is -0.000000501. The van der Waals surface area contributed by atoms with E-state index in [9.17, 15) is 0 Å². The molecule has 1 heterocycles. The number of nitrogens with zero attached hydrogens (tertiary/aromatic N) is 1. The maximum Gasteiger partial charge on any atom is 0.0655 e. The van der Waals surface area contributed by atoms with Gasteiger partial charge in [-0.15, -0.1) is 6.58 Å². The highest BCUT2D eigenvalue weighted by Crippen LogP contribution is 2.18. The predicted molar refractivity (Wildman–Crippen MR) is 143 cm³/mol. The van der Waals surface area contributed by atoms with Gasteiger partial charge in [-0.05, 0) is 64.3 Å². The molecule has 170 valence electrons. The van der Waals surface area contributed by atoms with Crippen LogP contribution in [0.1, 0.15) is 105 Å². The summed E-state index contributed by atoms with van der Waals surface area (Å²) in [6, 6.07) is 2.15. The molecule has 0 aliphatic heterocycles. The van der Waals surface area contributed by atoms with Crippen molar-refractivity contribution in [3.8, 4) is 0 Å². The Morgan fingerprint density at radius 2 is 1.57 bits per heavy atom. The molecular formula is C29H49N. The number of hydrogen-bond donors (Lipinski definition) is 0. The van der Waals surface area contributed by atoms with Gasteiger partial charge in [0.1, 0.15) is 0 Å². The van der Waals surface area contributed by atoms with Gasteiger partial charge in [-0.2, -0.15) is 0 Å². The van der Waals surface area contributed by atoms with Gasteiger partial charge in [-0.3, -0.25) is 4.98 Å². The summed E-state index contributed by atoms with van der Waals surface area (Å²) in [4.78, 5) is 4.47. The van der Waals surface area contributed by atoms with Crippen LogP contribution in [0.3, 0.4) is 0 Å². The predicted octanol–water partition coefficient (Wildman–Crippen LogP) is 10.2. The molecule has 0 aliphatic carbocycles. The average Bonchev–Trinajstić information content (AvgIpc) is 2.73. The van der Waals surface area contributed by atoms with Crippen LogP contribution in [-0.2, 0) is 0 Å². The summed E-state index contributed by atoms with van der Waals surface area (Å²) in [5.74, 6) is 0. The van der Waals surface area contributed by atoms with Crippen molar-refractivity contribution in [1.82, 2.24) is 4.98 Å². The van der Waals surface area contributed by atoms with Gasteiger partial charge in [0.25, 0.3) is 0 Å². The third-order valence-corrected chi connectivity index (χ3v) is 3.90. The van der Waals surface area contributed by atoms with Crippen LogP contribution in [0.15, 0.2) is 60.9 Å². The van der Waals surface area contributed by atoms with Gasteiger partial charge in [0, 0.05) is 11.8 Å². The number of rotatable bonds is 7. The van der Waals surface area contributed by atoms with Crippen molar-refractivity contribution in [3.05, 3.63) is 77.7 Å². The third kappa shape index (κ3) is 19.2. The average molecular weight is 412 g/mol. The number of hydrogen-bond acceptors (Lipinski definition) is 1. The lowest BCUT2D eigenvalue weighted by molar-refractivity contribution is 0.772. The molecule has 0 fully saturated rings. The summed E-state index contributed by atoms with van der Waals surface area (Å²) >= 11 is 0. The van der Waals surface area contributed by atoms with Crippen LogP contribution in [0.25, 0.3) is 11.6 Å². The van der Waals surface area contributed by atoms with E-state index in [1.54, 1.807) is 0 Å². The number of aryl methyl sites for hydroxylation is 1. The SMILES string of the molecule is C=C(C)CC.C=C/C(=C\C=C(C)C)c1cnc(/C=C\C)c(C)c1.CC.CCCCC. The Morgan fingerprint density at radius 1 is 1.03 bits per heavy atom. The van der Waals surface area contributed by atoms with Crippen LogP contribution in [0.2, 0.25) is 0 Å². The molecule has 0 saturated carbocycles. The van der Waals surface area contributed by atoms with Crippen molar-refractivity contribution in [2.45, 2.75) is 94.9 Å². The van der Waals surface area contributed by atoms with Gasteiger partial charge in [-0.25, -0.2) is 0 Å². The number of allylic oxidation sites excluding steroid dienone is 7. The summed E-state index contributed by atoms with van der Waals surface area (Å²) in [5, 5.41) is 0. The largest absolute Gasteiger partial charge is 0.256 e. The Kier molecular flexibility index (Phi) is 25.1. The lowest BCUT2D eigenvalue weighted by Crippen LogP contribution is -1.90. The summed E-state index contributed by atoms with van der Waals surface area (Å²) in [7, 11) is 0. The molecule has 0 atom stereocenters. The molecule has 0 saturated heterocycles. The Bertz CT molecular complexity index is 651. The highest BCUT2D eigenvalue weighted by molar-refractivity contribution is 5.75. The molecule has 1 nitrogen and oxygen atoms in total. The number of unbranched alkanes of at least 4 members (excludes halogenated alkanes) is 2. The van der Waals surface area contributed by atoms with Gasteiger partial charge < -0.3 is 0 Å². The minimum absolute atomic E-state index is 1.02. The first kappa shape index (κ1) is 32.5. The second-order valence-corrected chi connectivity index (χ2v) is 7.16. The molecule has 0 N–H and O–H groups in total. The highest BCUT2D eigenvalue weighted by atomic mass is 14.7. The molecule has 0 radical (unpaired) electrons. The van der Waals surface area contributed by atoms with Crippen molar-refractivity contribution in [2.24, 2.45) is 0 Å². The Labute approximate surface area is 189 Å². The zero-order chi connectivity index (χ0) is 23.9. The third-order valence-electron chi connectivity index (χ3n) is 3.90. The summed E-state index contributed by atoms with van der Waals surface area (Å²) in [6.45, 7) is 28.3. The lowest BCUT2D eigenvalue weighted by atomic mass is 10.0. The zero-order valence-corrected chi connectivity index (χ0v) is 21.7. The fraction of sp³-hybridized carbons (Fsp3) is 0.483. The van der Waals surface area contributed by atoms with Gasteiger partial charge in [0.05, 0.1) is 5.69 Å². The van der Waals surface area contributed by atoms with Crippen LogP contribution in [-0.4, -0.2) is 4.98 Å². The number of pyridine rings is 1. The normalized spacial score (nSPS) is 9.87. The van der Waals surface area contributed by atoms with E-state index < -0.39 is 0 Å². The second kappa shape index (κ2) is 23.1. The first-order valence-electron chi connectivity index (χ1n) is 11.5. The van der Waals surface area contributed by atoms with Gasteiger partial charge >= 0.3 is 0 Å². The molecule has 0 unspecified atom stereocenters. The molecule has 0 amide bonds. The maximum absolute atomic E-state index is 4.47.